The van der Waals surface area contributed by atoms with Crippen molar-refractivity contribution >= 4 is 11.0 Å². The summed E-state index contributed by atoms with van der Waals surface area (Å²) in [4.78, 5) is 12.4. The molecule has 1 fully saturated rings. The molecular weight excluding hydrogens is 272 g/mol. The number of benzene rings is 1. The van der Waals surface area contributed by atoms with Crippen LogP contribution in [0.15, 0.2) is 27.4 Å². The van der Waals surface area contributed by atoms with E-state index in [0.717, 1.165) is 12.8 Å². The molecule has 0 spiro atoms. The molecule has 0 radical (unpaired) electrons. The van der Waals surface area contributed by atoms with Gasteiger partial charge in [-0.15, -0.1) is 0 Å². The van der Waals surface area contributed by atoms with Gasteiger partial charge in [-0.2, -0.15) is 0 Å². The minimum absolute atomic E-state index is 0.106. The van der Waals surface area contributed by atoms with Crippen molar-refractivity contribution in [2.24, 2.45) is 0 Å². The van der Waals surface area contributed by atoms with Crippen LogP contribution in [-0.4, -0.2) is 26.4 Å². The van der Waals surface area contributed by atoms with Crippen LogP contribution >= 0.6 is 0 Å². The molecule has 0 saturated carbocycles. The first kappa shape index (κ1) is 13.9. The Labute approximate surface area is 122 Å². The number of hydrogen-bond donors (Lipinski definition) is 0. The largest absolute Gasteiger partial charge is 0.493 e. The smallest absolute Gasteiger partial charge is 0.196 e. The van der Waals surface area contributed by atoms with Crippen LogP contribution in [0.2, 0.25) is 0 Å². The summed E-state index contributed by atoms with van der Waals surface area (Å²) in [6.45, 7) is 3.19. The van der Waals surface area contributed by atoms with Crippen LogP contribution in [0.25, 0.3) is 11.0 Å². The highest BCUT2D eigenvalue weighted by Gasteiger charge is 2.24. The molecule has 2 aromatic rings. The summed E-state index contributed by atoms with van der Waals surface area (Å²) in [6, 6.07) is 5.02. The maximum absolute atomic E-state index is 12.4. The molecule has 0 bridgehead atoms. The monoisotopic (exact) mass is 290 g/mol. The van der Waals surface area contributed by atoms with Gasteiger partial charge in [0.25, 0.3) is 0 Å². The highest BCUT2D eigenvalue weighted by Crippen LogP contribution is 2.32. The summed E-state index contributed by atoms with van der Waals surface area (Å²) in [5.41, 5.74) is 0.341. The molecule has 1 aromatic heterocycles. The van der Waals surface area contributed by atoms with Crippen molar-refractivity contribution in [3.05, 3.63) is 34.2 Å². The third-order valence-corrected chi connectivity index (χ3v) is 3.40. The average molecular weight is 290 g/mol. The van der Waals surface area contributed by atoms with Crippen LogP contribution in [0, 0.1) is 0 Å². The molecule has 1 atom stereocenters. The fraction of sp³-hybridized carbons (Fsp3) is 0.438. The molecule has 5 nitrogen and oxygen atoms in total. The number of aryl methyl sites for hydroxylation is 1. The molecule has 2 heterocycles. The van der Waals surface area contributed by atoms with Gasteiger partial charge in [0.1, 0.15) is 29.6 Å². The van der Waals surface area contributed by atoms with Crippen molar-refractivity contribution in [1.82, 2.24) is 0 Å². The SMILES string of the molecule is CCCc1cc(=O)c2c(OC[C@H]3CO3)ccc(OC)c2o1. The van der Waals surface area contributed by atoms with Crippen molar-refractivity contribution in [2.45, 2.75) is 25.9 Å². The quantitative estimate of drug-likeness (QED) is 0.765. The minimum atomic E-state index is -0.106. The zero-order valence-electron chi connectivity index (χ0n) is 12.2. The summed E-state index contributed by atoms with van der Waals surface area (Å²) >= 11 is 0. The van der Waals surface area contributed by atoms with Crippen molar-refractivity contribution in [1.29, 1.82) is 0 Å². The molecule has 0 unspecified atom stereocenters. The average Bonchev–Trinajstić information content (AvgIpc) is 3.29. The normalized spacial score (nSPS) is 17.0. The molecule has 1 aliphatic heterocycles. The fourth-order valence-electron chi connectivity index (χ4n) is 2.26. The van der Waals surface area contributed by atoms with Gasteiger partial charge in [-0.1, -0.05) is 6.92 Å². The lowest BCUT2D eigenvalue weighted by Crippen LogP contribution is -2.09. The van der Waals surface area contributed by atoms with Crippen molar-refractivity contribution in [2.75, 3.05) is 20.3 Å². The lowest BCUT2D eigenvalue weighted by Gasteiger charge is -2.11. The number of ether oxygens (including phenoxy) is 3. The molecule has 21 heavy (non-hydrogen) atoms. The highest BCUT2D eigenvalue weighted by atomic mass is 16.6. The van der Waals surface area contributed by atoms with Crippen LogP contribution in [0.5, 0.6) is 11.5 Å². The van der Waals surface area contributed by atoms with E-state index in [2.05, 4.69) is 0 Å². The Morgan fingerprint density at radius 1 is 1.33 bits per heavy atom. The number of epoxide rings is 1. The Morgan fingerprint density at radius 2 is 2.10 bits per heavy atom. The fourth-order valence-corrected chi connectivity index (χ4v) is 2.26. The van der Waals surface area contributed by atoms with Gasteiger partial charge >= 0.3 is 0 Å². The Hall–Kier alpha value is -2.01. The van der Waals surface area contributed by atoms with E-state index in [-0.39, 0.29) is 11.5 Å². The summed E-state index contributed by atoms with van der Waals surface area (Å²) in [5, 5.41) is 0.426. The molecule has 3 rings (SSSR count). The van der Waals surface area contributed by atoms with Crippen molar-refractivity contribution < 1.29 is 18.6 Å². The summed E-state index contributed by atoms with van der Waals surface area (Å²) in [6.07, 6.45) is 1.76. The predicted molar refractivity (Wildman–Crippen MR) is 78.3 cm³/mol. The summed E-state index contributed by atoms with van der Waals surface area (Å²) < 4.78 is 21.9. The van der Waals surface area contributed by atoms with Gasteiger partial charge in [0, 0.05) is 12.5 Å². The van der Waals surface area contributed by atoms with Crippen LogP contribution < -0.4 is 14.9 Å². The van der Waals surface area contributed by atoms with Crippen LogP contribution in [0.1, 0.15) is 19.1 Å². The number of hydrogen-bond acceptors (Lipinski definition) is 5. The first-order valence-corrected chi connectivity index (χ1v) is 7.11. The van der Waals surface area contributed by atoms with Crippen LogP contribution in [0.4, 0.5) is 0 Å². The van der Waals surface area contributed by atoms with Gasteiger partial charge < -0.3 is 18.6 Å². The first-order chi connectivity index (χ1) is 10.2. The Morgan fingerprint density at radius 3 is 2.76 bits per heavy atom. The topological polar surface area (TPSA) is 61.2 Å². The third-order valence-electron chi connectivity index (χ3n) is 3.40. The van der Waals surface area contributed by atoms with E-state index >= 15 is 0 Å². The molecule has 5 heteroatoms. The van der Waals surface area contributed by atoms with Gasteiger partial charge in [0.2, 0.25) is 0 Å². The van der Waals surface area contributed by atoms with E-state index in [1.165, 1.54) is 6.07 Å². The zero-order chi connectivity index (χ0) is 14.8. The Balaban J connectivity index is 2.09. The Bertz CT molecular complexity index is 700. The second-order valence-electron chi connectivity index (χ2n) is 5.06. The molecule has 0 amide bonds. The molecule has 112 valence electrons. The van der Waals surface area contributed by atoms with E-state index in [0.29, 0.717) is 41.4 Å². The lowest BCUT2D eigenvalue weighted by molar-refractivity contribution is 0.265. The zero-order valence-corrected chi connectivity index (χ0v) is 12.2. The summed E-state index contributed by atoms with van der Waals surface area (Å²) in [5.74, 6) is 1.71. The van der Waals surface area contributed by atoms with Crippen molar-refractivity contribution in [3.63, 3.8) is 0 Å². The third kappa shape index (κ3) is 2.88. The molecule has 0 N–H and O–H groups in total. The van der Waals surface area contributed by atoms with Crippen LogP contribution in [-0.2, 0) is 11.2 Å². The number of fused-ring (bicyclic) bond motifs is 1. The molecule has 1 aliphatic rings. The highest BCUT2D eigenvalue weighted by molar-refractivity contribution is 5.88. The number of rotatable bonds is 6. The van der Waals surface area contributed by atoms with E-state index in [9.17, 15) is 4.79 Å². The maximum atomic E-state index is 12.4. The van der Waals surface area contributed by atoms with Gasteiger partial charge in [-0.05, 0) is 18.6 Å². The van der Waals surface area contributed by atoms with E-state index < -0.39 is 0 Å². The second kappa shape index (κ2) is 5.77. The first-order valence-electron chi connectivity index (χ1n) is 7.11. The van der Waals surface area contributed by atoms with Gasteiger partial charge in [-0.25, -0.2) is 0 Å². The van der Waals surface area contributed by atoms with E-state index in [1.54, 1.807) is 19.2 Å². The minimum Gasteiger partial charge on any atom is -0.493 e. The van der Waals surface area contributed by atoms with Gasteiger partial charge in [-0.3, -0.25) is 4.79 Å². The second-order valence-corrected chi connectivity index (χ2v) is 5.06. The van der Waals surface area contributed by atoms with Crippen LogP contribution in [0.3, 0.4) is 0 Å². The molecule has 1 aromatic carbocycles. The standard InChI is InChI=1S/C16H18O5/c1-3-4-10-7-12(17)15-13(20-9-11-8-19-11)5-6-14(18-2)16(15)21-10/h5-7,11H,3-4,8-9H2,1-2H3/t11-/m1/s1. The number of methoxy groups -OCH3 is 1. The van der Waals surface area contributed by atoms with E-state index in [4.69, 9.17) is 18.6 Å². The van der Waals surface area contributed by atoms with Crippen molar-refractivity contribution in [3.8, 4) is 11.5 Å². The van der Waals surface area contributed by atoms with Gasteiger partial charge in [0.15, 0.2) is 16.8 Å². The van der Waals surface area contributed by atoms with E-state index in [1.807, 2.05) is 6.92 Å². The molecule has 1 saturated heterocycles. The lowest BCUT2D eigenvalue weighted by atomic mass is 10.1. The predicted octanol–water partition coefficient (Wildman–Crippen LogP) is 2.53. The van der Waals surface area contributed by atoms with Gasteiger partial charge in [0.05, 0.1) is 13.7 Å². The maximum Gasteiger partial charge on any atom is 0.196 e. The molecular formula is C16H18O5. The molecule has 0 aliphatic carbocycles. The Kier molecular flexibility index (Phi) is 3.84. The summed E-state index contributed by atoms with van der Waals surface area (Å²) in [7, 11) is 1.56.